The zero-order valence-electron chi connectivity index (χ0n) is 13.7. The van der Waals surface area contributed by atoms with Crippen LogP contribution in [0.4, 0.5) is 10.2 Å². The molecule has 0 aliphatic rings. The highest BCUT2D eigenvalue weighted by atomic mass is 19.1. The quantitative estimate of drug-likeness (QED) is 0.753. The fourth-order valence-corrected chi connectivity index (χ4v) is 2.20. The molecule has 3 aromatic rings. The van der Waals surface area contributed by atoms with Crippen molar-refractivity contribution in [2.45, 2.75) is 13.5 Å². The van der Waals surface area contributed by atoms with E-state index in [1.807, 2.05) is 13.0 Å². The molecule has 0 saturated carbocycles. The smallest absolute Gasteiger partial charge is 0.256 e. The Balaban J connectivity index is 1.64. The van der Waals surface area contributed by atoms with Crippen molar-refractivity contribution < 1.29 is 13.9 Å². The summed E-state index contributed by atoms with van der Waals surface area (Å²) in [7, 11) is 0. The topological polar surface area (TPSA) is 51.2 Å². The van der Waals surface area contributed by atoms with Crippen molar-refractivity contribution in [3.8, 4) is 5.75 Å². The molecule has 0 saturated heterocycles. The summed E-state index contributed by atoms with van der Waals surface area (Å²) in [6, 6.07) is 16.6. The van der Waals surface area contributed by atoms with Crippen LogP contribution in [0.15, 0.2) is 66.9 Å². The zero-order chi connectivity index (χ0) is 17.6. The number of pyridine rings is 1. The summed E-state index contributed by atoms with van der Waals surface area (Å²) in [4.78, 5) is 16.5. The van der Waals surface area contributed by atoms with Gasteiger partial charge in [-0.25, -0.2) is 9.37 Å². The van der Waals surface area contributed by atoms with E-state index in [4.69, 9.17) is 4.74 Å². The van der Waals surface area contributed by atoms with E-state index in [-0.39, 0.29) is 11.7 Å². The Morgan fingerprint density at radius 3 is 2.64 bits per heavy atom. The first-order valence-corrected chi connectivity index (χ1v) is 7.81. The first-order chi connectivity index (χ1) is 12.1. The number of carbonyl (C=O) groups excluding carboxylic acids is 1. The minimum absolute atomic E-state index is 0.261. The van der Waals surface area contributed by atoms with Gasteiger partial charge in [0.15, 0.2) is 0 Å². The second-order valence-electron chi connectivity index (χ2n) is 5.62. The van der Waals surface area contributed by atoms with Crippen molar-refractivity contribution in [1.29, 1.82) is 0 Å². The van der Waals surface area contributed by atoms with Crippen molar-refractivity contribution in [2.24, 2.45) is 0 Å². The van der Waals surface area contributed by atoms with E-state index in [0.29, 0.717) is 23.7 Å². The maximum Gasteiger partial charge on any atom is 0.256 e. The van der Waals surface area contributed by atoms with Crippen LogP contribution < -0.4 is 10.1 Å². The lowest BCUT2D eigenvalue weighted by Crippen LogP contribution is -2.13. The molecule has 0 atom stereocenters. The first kappa shape index (κ1) is 16.6. The summed E-state index contributed by atoms with van der Waals surface area (Å²) in [5.74, 6) is 0.512. The van der Waals surface area contributed by atoms with Gasteiger partial charge in [0.2, 0.25) is 0 Å². The van der Waals surface area contributed by atoms with Gasteiger partial charge < -0.3 is 10.1 Å². The SMILES string of the molecule is Cc1ccc(NC(=O)c2cccc(OCc3ccc(F)cc3)c2)nc1. The van der Waals surface area contributed by atoms with Gasteiger partial charge in [-0.05, 0) is 54.4 Å². The van der Waals surface area contributed by atoms with Crippen molar-refractivity contribution in [2.75, 3.05) is 5.32 Å². The molecular formula is C20H17FN2O2. The van der Waals surface area contributed by atoms with Crippen LogP contribution in [0.25, 0.3) is 0 Å². The highest BCUT2D eigenvalue weighted by Gasteiger charge is 2.08. The molecule has 2 aromatic carbocycles. The highest BCUT2D eigenvalue weighted by Crippen LogP contribution is 2.17. The van der Waals surface area contributed by atoms with Gasteiger partial charge in [0, 0.05) is 11.8 Å². The van der Waals surface area contributed by atoms with Gasteiger partial charge in [0.25, 0.3) is 5.91 Å². The highest BCUT2D eigenvalue weighted by molar-refractivity contribution is 6.03. The van der Waals surface area contributed by atoms with Gasteiger partial charge in [-0.15, -0.1) is 0 Å². The second-order valence-corrected chi connectivity index (χ2v) is 5.62. The van der Waals surface area contributed by atoms with E-state index in [2.05, 4.69) is 10.3 Å². The molecule has 0 radical (unpaired) electrons. The Bertz CT molecular complexity index is 862. The second kappa shape index (κ2) is 7.57. The molecule has 1 aromatic heterocycles. The molecular weight excluding hydrogens is 319 g/mol. The Hall–Kier alpha value is -3.21. The lowest BCUT2D eigenvalue weighted by Gasteiger charge is -2.09. The maximum atomic E-state index is 12.9. The van der Waals surface area contributed by atoms with E-state index in [9.17, 15) is 9.18 Å². The number of aromatic nitrogens is 1. The summed E-state index contributed by atoms with van der Waals surface area (Å²) in [6.45, 7) is 2.23. The Labute approximate surface area is 145 Å². The van der Waals surface area contributed by atoms with E-state index in [0.717, 1.165) is 11.1 Å². The molecule has 0 unspecified atom stereocenters. The molecule has 4 nitrogen and oxygen atoms in total. The summed E-state index contributed by atoms with van der Waals surface area (Å²) in [5.41, 5.74) is 2.34. The van der Waals surface area contributed by atoms with Gasteiger partial charge in [-0.3, -0.25) is 4.79 Å². The van der Waals surface area contributed by atoms with Gasteiger partial charge in [-0.2, -0.15) is 0 Å². The fraction of sp³-hybridized carbons (Fsp3) is 0.100. The normalized spacial score (nSPS) is 10.3. The molecule has 0 aliphatic heterocycles. The van der Waals surface area contributed by atoms with Crippen LogP contribution in [-0.2, 0) is 6.61 Å². The average molecular weight is 336 g/mol. The maximum absolute atomic E-state index is 12.9. The van der Waals surface area contributed by atoms with Crippen molar-refractivity contribution >= 4 is 11.7 Å². The Kier molecular flexibility index (Phi) is 5.04. The Morgan fingerprint density at radius 2 is 1.92 bits per heavy atom. The number of anilines is 1. The van der Waals surface area contributed by atoms with E-state index >= 15 is 0 Å². The fourth-order valence-electron chi connectivity index (χ4n) is 2.20. The third-order valence-electron chi connectivity index (χ3n) is 3.57. The zero-order valence-corrected chi connectivity index (χ0v) is 13.7. The van der Waals surface area contributed by atoms with Crippen LogP contribution in [-0.4, -0.2) is 10.9 Å². The van der Waals surface area contributed by atoms with Crippen LogP contribution in [0, 0.1) is 12.7 Å². The third-order valence-corrected chi connectivity index (χ3v) is 3.57. The lowest BCUT2D eigenvalue weighted by molar-refractivity contribution is 0.102. The molecule has 0 spiro atoms. The number of hydrogen-bond acceptors (Lipinski definition) is 3. The standard InChI is InChI=1S/C20H17FN2O2/c1-14-5-10-19(22-12-14)23-20(24)16-3-2-4-18(11-16)25-13-15-6-8-17(21)9-7-15/h2-12H,13H2,1H3,(H,22,23,24). The van der Waals surface area contributed by atoms with E-state index in [1.54, 1.807) is 48.7 Å². The van der Waals surface area contributed by atoms with E-state index < -0.39 is 0 Å². The van der Waals surface area contributed by atoms with Crippen molar-refractivity contribution in [3.63, 3.8) is 0 Å². The number of nitrogens with zero attached hydrogens (tertiary/aromatic N) is 1. The number of rotatable bonds is 5. The van der Waals surface area contributed by atoms with Gasteiger partial charge in [0.05, 0.1) is 0 Å². The first-order valence-electron chi connectivity index (χ1n) is 7.81. The summed E-state index contributed by atoms with van der Waals surface area (Å²) in [6.07, 6.45) is 1.69. The molecule has 1 N–H and O–H groups in total. The number of halogens is 1. The summed E-state index contributed by atoms with van der Waals surface area (Å²) >= 11 is 0. The molecule has 0 bridgehead atoms. The molecule has 5 heteroatoms. The predicted octanol–water partition coefficient (Wildman–Crippen LogP) is 4.36. The molecule has 126 valence electrons. The number of hydrogen-bond donors (Lipinski definition) is 1. The lowest BCUT2D eigenvalue weighted by atomic mass is 10.2. The van der Waals surface area contributed by atoms with Crippen LogP contribution >= 0.6 is 0 Å². The minimum atomic E-state index is -0.285. The van der Waals surface area contributed by atoms with Crippen molar-refractivity contribution in [1.82, 2.24) is 4.98 Å². The molecule has 1 heterocycles. The van der Waals surface area contributed by atoms with Crippen LogP contribution in [0.3, 0.4) is 0 Å². The van der Waals surface area contributed by atoms with Gasteiger partial charge in [-0.1, -0.05) is 24.3 Å². The van der Waals surface area contributed by atoms with Crippen LogP contribution in [0.1, 0.15) is 21.5 Å². The predicted molar refractivity (Wildman–Crippen MR) is 94.1 cm³/mol. The summed E-state index contributed by atoms with van der Waals surface area (Å²) in [5, 5.41) is 2.75. The Morgan fingerprint density at radius 1 is 1.12 bits per heavy atom. The molecule has 0 fully saturated rings. The number of aryl methyl sites for hydroxylation is 1. The monoisotopic (exact) mass is 336 g/mol. The van der Waals surface area contributed by atoms with Crippen molar-refractivity contribution in [3.05, 3.63) is 89.4 Å². The van der Waals surface area contributed by atoms with Gasteiger partial charge >= 0.3 is 0 Å². The number of carbonyl (C=O) groups is 1. The third kappa shape index (κ3) is 4.64. The van der Waals surface area contributed by atoms with Crippen LogP contribution in [0.5, 0.6) is 5.75 Å². The minimum Gasteiger partial charge on any atom is -0.489 e. The number of benzene rings is 2. The number of amides is 1. The average Bonchev–Trinajstić information content (AvgIpc) is 2.63. The number of ether oxygens (including phenoxy) is 1. The van der Waals surface area contributed by atoms with Gasteiger partial charge in [0.1, 0.15) is 24.0 Å². The van der Waals surface area contributed by atoms with Crippen LogP contribution in [0.2, 0.25) is 0 Å². The summed E-state index contributed by atoms with van der Waals surface area (Å²) < 4.78 is 18.6. The molecule has 1 amide bonds. The van der Waals surface area contributed by atoms with E-state index in [1.165, 1.54) is 12.1 Å². The molecule has 3 rings (SSSR count). The molecule has 0 aliphatic carbocycles. The largest absolute Gasteiger partial charge is 0.489 e. The number of nitrogens with one attached hydrogen (secondary N) is 1. The molecule has 25 heavy (non-hydrogen) atoms.